The number of aromatic nitrogens is 30. The van der Waals surface area contributed by atoms with E-state index in [4.69, 9.17) is 108 Å². The molecule has 678 valence electrons. The Morgan fingerprint density at radius 2 is 0.773 bits per heavy atom. The molecule has 0 aromatic carbocycles. The van der Waals surface area contributed by atoms with Gasteiger partial charge in [-0.25, -0.2) is 43.7 Å². The molecule has 17 N–H and O–H groups in total. The van der Waals surface area contributed by atoms with Gasteiger partial charge in [0.1, 0.15) is 89.8 Å². The van der Waals surface area contributed by atoms with Crippen LogP contribution in [0.4, 0.5) is 35.7 Å². The third-order valence-electron chi connectivity index (χ3n) is 11.5. The summed E-state index contributed by atoms with van der Waals surface area (Å²) in [5.74, 6) is -0.945. The van der Waals surface area contributed by atoms with Crippen molar-refractivity contribution in [2.75, 3.05) is 112 Å². The number of hydrogen-bond donors (Lipinski definition) is 13. The Hall–Kier alpha value is -17.5. The Morgan fingerprint density at radius 3 is 1.23 bits per heavy atom. The normalized spacial score (nSPS) is 9.33. The number of aromatic carboxylic acids is 2. The fourth-order valence-corrected chi connectivity index (χ4v) is 7.47. The number of carboxylic acid groups (broad SMARTS) is 2. The smallest absolute Gasteiger partial charge is 0.374 e. The van der Waals surface area contributed by atoms with Crippen molar-refractivity contribution in [1.29, 1.82) is 0 Å². The second-order valence-electron chi connectivity index (χ2n) is 21.3. The van der Waals surface area contributed by atoms with E-state index < -0.39 is 46.5 Å². The Morgan fingerprint density at radius 1 is 0.359 bits per heavy atom. The van der Waals surface area contributed by atoms with Crippen molar-refractivity contribution in [2.45, 2.75) is 13.8 Å². The van der Waals surface area contributed by atoms with Gasteiger partial charge in [0.25, 0.3) is 18.0 Å². The SMILES string of the molecule is C=CCN(CC=C)c1nc(C)[nH]c(=O)n1.C=CCN(CC=C)c1nc(C)nc(N)n1.C=CCOc1nc(=O)[nH]c(=O)[nH]1.C=CCOc1nc(=S)[nH]c(=S)[nH]1.C=CCOc1nc(N)nc(N)n1.C=CCOc1nc(OC=O)nc(C(=O)O)n1.C=CCOc1ncnc(=O)[nH]1.C=CCOc1ncnc(=S)[nH]1.C=CCOc1ncnc(C(=O)O)n1.C=CCOc1ncnc(N)n1. The molecule has 0 unspecified atom stereocenters. The lowest BCUT2D eigenvalue weighted by Gasteiger charge is -2.19. The molecule has 0 amide bonds. The average Bonchev–Trinajstić information content (AvgIpc) is 0.856. The van der Waals surface area contributed by atoms with Crippen LogP contribution >= 0.6 is 36.7 Å². The van der Waals surface area contributed by atoms with Gasteiger partial charge < -0.3 is 90.6 Å². The van der Waals surface area contributed by atoms with Crippen molar-refractivity contribution >= 4 is 90.8 Å². The van der Waals surface area contributed by atoms with E-state index in [0.29, 0.717) is 109 Å². The molecule has 57 heteroatoms. The molecule has 10 heterocycles. The van der Waals surface area contributed by atoms with Crippen LogP contribution in [0.3, 0.4) is 0 Å². The van der Waals surface area contributed by atoms with Crippen molar-refractivity contribution in [3.8, 4) is 54.1 Å². The van der Waals surface area contributed by atoms with E-state index in [2.05, 4.69) is 228 Å². The number of carbonyl (C=O) groups excluding carboxylic acids is 1. The first-order chi connectivity index (χ1) is 61.4. The predicted molar refractivity (Wildman–Crippen MR) is 470 cm³/mol. The molecular formula is C71H88N36O18S3. The number of rotatable bonds is 38. The van der Waals surface area contributed by atoms with E-state index in [1.807, 2.05) is 14.8 Å². The van der Waals surface area contributed by atoms with Crippen molar-refractivity contribution in [3.05, 3.63) is 257 Å². The second kappa shape index (κ2) is 65.3. The third-order valence-corrected chi connectivity index (χ3v) is 12.1. The van der Waals surface area contributed by atoms with Gasteiger partial charge in [-0.1, -0.05) is 126 Å². The molecule has 54 nitrogen and oxygen atoms in total. The van der Waals surface area contributed by atoms with E-state index in [0.717, 1.165) is 12.7 Å². The van der Waals surface area contributed by atoms with Gasteiger partial charge in [-0.05, 0) is 50.5 Å². The molecule has 0 saturated heterocycles. The number of nitrogen functional groups attached to an aromatic ring is 4. The van der Waals surface area contributed by atoms with Crippen LogP contribution < -0.4 is 98.1 Å². The Kier molecular flexibility index (Phi) is 55.3. The number of aryl methyl sites for hydroxylation is 2. The molecule has 0 saturated carbocycles. The van der Waals surface area contributed by atoms with Gasteiger partial charge >= 0.3 is 77.2 Å². The number of nitrogens with two attached hydrogens (primary N) is 4. The molecule has 0 aliphatic rings. The van der Waals surface area contributed by atoms with Crippen molar-refractivity contribution in [3.63, 3.8) is 0 Å². The zero-order valence-corrected chi connectivity index (χ0v) is 70.9. The molecule has 0 fully saturated rings. The summed E-state index contributed by atoms with van der Waals surface area (Å²) in [5.41, 5.74) is 19.1. The van der Waals surface area contributed by atoms with Crippen LogP contribution in [0, 0.1) is 28.2 Å². The minimum Gasteiger partial charge on any atom is -0.475 e. The molecule has 0 radical (unpaired) electrons. The quantitative estimate of drug-likeness (QED) is 0.0150. The van der Waals surface area contributed by atoms with Crippen LogP contribution in [0.5, 0.6) is 54.1 Å². The Balaban J connectivity index is 0.000000713. The predicted octanol–water partition coefficient (Wildman–Crippen LogP) is 2.63. The lowest BCUT2D eigenvalue weighted by atomic mass is 10.4. The van der Waals surface area contributed by atoms with Gasteiger partial charge in [0.15, 0.2) is 4.77 Å². The van der Waals surface area contributed by atoms with Gasteiger partial charge in [-0.2, -0.15) is 89.7 Å². The first kappa shape index (κ1) is 108. The van der Waals surface area contributed by atoms with Crippen molar-refractivity contribution in [1.82, 2.24) is 150 Å². The maximum Gasteiger partial charge on any atom is 0.374 e. The highest BCUT2D eigenvalue weighted by molar-refractivity contribution is 7.72. The first-order valence-corrected chi connectivity index (χ1v) is 36.4. The van der Waals surface area contributed by atoms with E-state index in [1.165, 1.54) is 30.9 Å². The molecular weight excluding hydrogens is 1740 g/mol. The van der Waals surface area contributed by atoms with Crippen LogP contribution in [-0.4, -0.2) is 257 Å². The zero-order chi connectivity index (χ0) is 95.4. The summed E-state index contributed by atoms with van der Waals surface area (Å²) in [6.07, 6.45) is 24.2. The summed E-state index contributed by atoms with van der Waals surface area (Å²) < 4.78 is 45.0. The standard InChI is InChI=1S/C10H15N5.C10H14N4O.C8H7N3O5.C7H7N3O3.C6H9N5O.C6H8N4O.C6H7N3O3.C6H7N3O2.C6H7N3OS2.C6H7N3OS/c1-4-6-15(7-5-2)10-13-8(3)12-9(11)14-10;1-4-6-14(7-5-2)9-11-8(3)12-10(15)13-9;1-2-3-15-7-9-5(6(13)14)10-8(11-7)16-4-12;1-2-3-13-7-9-4-8-5(10-7)6(11)12;1-2-3-12-6-10-4(7)9-5(8)11-6;1-2-3-11-6-9-4-8-5(7)10-6;1-2-3-12-6-8-4(10)7-5(11)9-6;1-2-3-11-6-8-4-7-5(10)9-6;1-2-3-10-4-7-5(11)9-6(12)8-4;1-2-3-10-5-7-4-8-6(11)9-5/h4-5H,1-2,6-7H2,3H3,(H2,11,12,13,14);4-5H,1-2,6-7H2,3H3,(H,11,12,13,15);2,4H,1,3H2,(H,13,14);2,4H,1,3H2,(H,11,12);2H,1,3H2,(H4,7,8,9,10,11);2,4H,1,3H2,(H2,7,8,9,10);2H,1,3H2,(H2,7,8,9,10,11);2,4H,1,3H2,(H,7,8,9,10);2H,1,3H2,(H2,7,8,9,11,12);2,4H,1,3H2,(H,7,8,9,11). The van der Waals surface area contributed by atoms with Gasteiger partial charge in [0.2, 0.25) is 56.9 Å². The maximum absolute atomic E-state index is 11.1. The third kappa shape index (κ3) is 50.5. The van der Waals surface area contributed by atoms with Crippen molar-refractivity contribution in [2.24, 2.45) is 0 Å². The number of nitrogens with zero attached hydrogens (tertiary/aromatic N) is 25. The summed E-state index contributed by atoms with van der Waals surface area (Å²) in [6.45, 7) is 50.5. The highest BCUT2D eigenvalue weighted by Gasteiger charge is 2.15. The van der Waals surface area contributed by atoms with Crippen LogP contribution in [0.25, 0.3) is 0 Å². The first-order valence-electron chi connectivity index (χ1n) is 35.1. The number of anilines is 6. The molecule has 0 aliphatic carbocycles. The van der Waals surface area contributed by atoms with E-state index in [-0.39, 0.29) is 92.0 Å². The summed E-state index contributed by atoms with van der Waals surface area (Å²) >= 11 is 14.3. The van der Waals surface area contributed by atoms with Crippen LogP contribution in [0.1, 0.15) is 32.9 Å². The minimum atomic E-state index is -1.39. The van der Waals surface area contributed by atoms with Gasteiger partial charge in [0, 0.05) is 26.2 Å². The number of ether oxygens (including phenoxy) is 9. The topological polar surface area (TPSA) is 761 Å². The zero-order valence-electron chi connectivity index (χ0n) is 68.4. The Labute approximate surface area is 740 Å². The lowest BCUT2D eigenvalue weighted by molar-refractivity contribution is -0.121. The summed E-state index contributed by atoms with van der Waals surface area (Å²) in [4.78, 5) is 179. The van der Waals surface area contributed by atoms with Gasteiger partial charge in [0.05, 0.1) is 0 Å². The molecule has 10 aromatic rings. The number of hydrogen-bond acceptors (Lipinski definition) is 48. The molecule has 0 aliphatic heterocycles. The fourth-order valence-electron chi connectivity index (χ4n) is 6.91. The number of carbonyl (C=O) groups is 3. The number of carboxylic acids is 2. The largest absolute Gasteiger partial charge is 0.475 e. The highest BCUT2D eigenvalue weighted by Crippen LogP contribution is 2.12. The molecule has 10 rings (SSSR count). The number of nitrogens with one attached hydrogen (secondary N) is 7. The van der Waals surface area contributed by atoms with Crippen LogP contribution in [-0.2, 0) is 4.79 Å². The summed E-state index contributed by atoms with van der Waals surface area (Å²) in [5, 5.41) is 17.2. The van der Waals surface area contributed by atoms with E-state index in [1.54, 1.807) is 68.5 Å². The highest BCUT2D eigenvalue weighted by atomic mass is 32.1. The number of H-pyrrole nitrogens is 7. The average molecular weight is 1830 g/mol. The summed E-state index contributed by atoms with van der Waals surface area (Å²) in [6, 6.07) is 0.331. The minimum absolute atomic E-state index is 0.0210. The second-order valence-corrected chi connectivity index (χ2v) is 22.4. The van der Waals surface area contributed by atoms with Gasteiger partial charge in [-0.15, -0.1) is 36.3 Å². The molecule has 0 atom stereocenters. The van der Waals surface area contributed by atoms with Crippen LogP contribution in [0.15, 0.2) is 196 Å². The van der Waals surface area contributed by atoms with Crippen molar-refractivity contribution < 1.29 is 67.2 Å². The van der Waals surface area contributed by atoms with E-state index >= 15 is 0 Å². The van der Waals surface area contributed by atoms with E-state index in [9.17, 15) is 33.6 Å². The molecule has 0 bridgehead atoms. The molecule has 10 aromatic heterocycles. The Bertz CT molecular complexity index is 5430. The fraction of sp³-hybridized carbons (Fsp3) is 0.197. The molecule has 0 spiro atoms. The number of aromatic amines is 7. The summed E-state index contributed by atoms with van der Waals surface area (Å²) in [7, 11) is 0. The maximum atomic E-state index is 11.1. The van der Waals surface area contributed by atoms with Gasteiger partial charge in [-0.3, -0.25) is 34.7 Å². The van der Waals surface area contributed by atoms with Crippen LogP contribution in [0.2, 0.25) is 0 Å². The molecule has 128 heavy (non-hydrogen) atoms. The lowest BCUT2D eigenvalue weighted by Crippen LogP contribution is -2.29. The monoisotopic (exact) mass is 1830 g/mol.